The van der Waals surface area contributed by atoms with Crippen molar-refractivity contribution >= 4 is 38.5 Å². The van der Waals surface area contributed by atoms with E-state index < -0.39 is 0 Å². The first-order valence-corrected chi connectivity index (χ1v) is 8.01. The van der Waals surface area contributed by atoms with E-state index in [1.54, 1.807) is 4.68 Å². The average Bonchev–Trinajstić information content (AvgIpc) is 2.77. The minimum atomic E-state index is 0.241. The second-order valence-corrected chi connectivity index (χ2v) is 6.46. The lowest BCUT2D eigenvalue weighted by Gasteiger charge is -2.19. The van der Waals surface area contributed by atoms with Crippen LogP contribution in [0.1, 0.15) is 24.2 Å². The van der Waals surface area contributed by atoms with E-state index in [0.717, 1.165) is 23.1 Å². The van der Waals surface area contributed by atoms with E-state index in [2.05, 4.69) is 79.3 Å². The van der Waals surface area contributed by atoms with E-state index in [9.17, 15) is 0 Å². The fraction of sp³-hybridized carbons (Fsp3) is 0.385. The topological polar surface area (TPSA) is 42.7 Å². The van der Waals surface area contributed by atoms with Crippen LogP contribution >= 0.6 is 38.5 Å². The number of nitrogens with one attached hydrogen (secondary N) is 1. The second-order valence-electron chi connectivity index (χ2n) is 4.36. The summed E-state index contributed by atoms with van der Waals surface area (Å²) in [6.45, 7) is 3.04. The van der Waals surface area contributed by atoms with E-state index in [-0.39, 0.29) is 6.04 Å². The number of aryl methyl sites for hydroxylation is 1. The smallest absolute Gasteiger partial charge is 0.0845 e. The summed E-state index contributed by atoms with van der Waals surface area (Å²) in [5.41, 5.74) is 2.26. The summed E-state index contributed by atoms with van der Waals surface area (Å²) in [6.07, 6.45) is 2.80. The van der Waals surface area contributed by atoms with Crippen molar-refractivity contribution in [3.63, 3.8) is 0 Å². The number of hydrogen-bond acceptors (Lipinski definition) is 3. The molecule has 19 heavy (non-hydrogen) atoms. The van der Waals surface area contributed by atoms with E-state index in [0.29, 0.717) is 0 Å². The van der Waals surface area contributed by atoms with E-state index in [4.69, 9.17) is 0 Å². The minimum Gasteiger partial charge on any atom is -0.310 e. The predicted octanol–water partition coefficient (Wildman–Crippen LogP) is 3.08. The van der Waals surface area contributed by atoms with Crippen LogP contribution in [0.4, 0.5) is 0 Å². The molecule has 4 nitrogen and oxygen atoms in total. The molecule has 0 bridgehead atoms. The summed E-state index contributed by atoms with van der Waals surface area (Å²) in [7, 11) is 1.89. The van der Waals surface area contributed by atoms with Gasteiger partial charge in [0.2, 0.25) is 0 Å². The summed E-state index contributed by atoms with van der Waals surface area (Å²) < 4.78 is 4.10. The Morgan fingerprint density at radius 3 is 2.89 bits per heavy atom. The second kappa shape index (κ2) is 6.81. The maximum absolute atomic E-state index is 4.17. The van der Waals surface area contributed by atoms with E-state index in [1.807, 2.05) is 13.2 Å². The standard InChI is InChI=1S/C13H16BrIN4/c1-3-16-13(7-10-8-19(2)18-17-10)11-6-9(15)4-5-12(11)14/h4-6,8,13,16H,3,7H2,1-2H3. The molecule has 0 fully saturated rings. The van der Waals surface area contributed by atoms with Gasteiger partial charge in [-0.05, 0) is 52.9 Å². The van der Waals surface area contributed by atoms with Crippen molar-refractivity contribution in [1.82, 2.24) is 20.3 Å². The van der Waals surface area contributed by atoms with Crippen LogP contribution in [0.25, 0.3) is 0 Å². The number of benzene rings is 1. The molecule has 2 aromatic rings. The number of likely N-dealkylation sites (N-methyl/N-ethyl adjacent to an activating group) is 1. The van der Waals surface area contributed by atoms with Crippen molar-refractivity contribution < 1.29 is 0 Å². The molecular weight excluding hydrogens is 419 g/mol. The first kappa shape index (κ1) is 14.9. The van der Waals surface area contributed by atoms with Gasteiger partial charge in [0, 0.05) is 33.8 Å². The molecule has 1 aromatic heterocycles. The number of halogens is 2. The summed E-state index contributed by atoms with van der Waals surface area (Å²) in [6, 6.07) is 6.64. The molecule has 1 atom stereocenters. The number of rotatable bonds is 5. The predicted molar refractivity (Wildman–Crippen MR) is 88.0 cm³/mol. The quantitative estimate of drug-likeness (QED) is 0.735. The summed E-state index contributed by atoms with van der Waals surface area (Å²) >= 11 is 5.97. The third kappa shape index (κ3) is 4.00. The van der Waals surface area contributed by atoms with Crippen molar-refractivity contribution in [3.05, 3.63) is 43.7 Å². The van der Waals surface area contributed by atoms with E-state index in [1.165, 1.54) is 9.13 Å². The molecule has 0 aliphatic heterocycles. The van der Waals surface area contributed by atoms with Crippen molar-refractivity contribution in [2.75, 3.05) is 6.54 Å². The van der Waals surface area contributed by atoms with Gasteiger partial charge in [0.05, 0.1) is 5.69 Å². The number of nitrogens with zero attached hydrogens (tertiary/aromatic N) is 3. The van der Waals surface area contributed by atoms with Gasteiger partial charge in [0.1, 0.15) is 0 Å². The zero-order chi connectivity index (χ0) is 13.8. The molecule has 1 unspecified atom stereocenters. The highest BCUT2D eigenvalue weighted by molar-refractivity contribution is 14.1. The third-order valence-electron chi connectivity index (χ3n) is 2.85. The first-order chi connectivity index (χ1) is 9.10. The van der Waals surface area contributed by atoms with Gasteiger partial charge in [-0.1, -0.05) is 28.1 Å². The Kier molecular flexibility index (Phi) is 5.35. The monoisotopic (exact) mass is 434 g/mol. The molecule has 0 saturated heterocycles. The molecule has 0 spiro atoms. The molecular formula is C13H16BrIN4. The van der Waals surface area contributed by atoms with Crippen LogP contribution in [0.2, 0.25) is 0 Å². The first-order valence-electron chi connectivity index (χ1n) is 6.13. The fourth-order valence-electron chi connectivity index (χ4n) is 2.02. The van der Waals surface area contributed by atoms with Crippen LogP contribution < -0.4 is 5.32 Å². The van der Waals surface area contributed by atoms with Gasteiger partial charge >= 0.3 is 0 Å². The van der Waals surface area contributed by atoms with Crippen LogP contribution in [0.3, 0.4) is 0 Å². The van der Waals surface area contributed by atoms with Crippen molar-refractivity contribution in [2.24, 2.45) is 7.05 Å². The van der Waals surface area contributed by atoms with E-state index >= 15 is 0 Å². The molecule has 1 aromatic carbocycles. The molecule has 2 rings (SSSR count). The van der Waals surface area contributed by atoms with Gasteiger partial charge < -0.3 is 5.32 Å². The molecule has 0 aliphatic rings. The van der Waals surface area contributed by atoms with Gasteiger partial charge in [-0.25, -0.2) is 0 Å². The molecule has 0 aliphatic carbocycles. The average molecular weight is 435 g/mol. The normalized spacial score (nSPS) is 12.6. The Balaban J connectivity index is 2.26. The van der Waals surface area contributed by atoms with Gasteiger partial charge in [-0.3, -0.25) is 4.68 Å². The van der Waals surface area contributed by atoms with Crippen LogP contribution in [-0.4, -0.2) is 21.5 Å². The maximum Gasteiger partial charge on any atom is 0.0845 e. The van der Waals surface area contributed by atoms with Crippen LogP contribution in [0, 0.1) is 3.57 Å². The Morgan fingerprint density at radius 2 is 2.26 bits per heavy atom. The molecule has 0 radical (unpaired) electrons. The molecule has 0 saturated carbocycles. The number of aromatic nitrogens is 3. The highest BCUT2D eigenvalue weighted by Gasteiger charge is 2.16. The maximum atomic E-state index is 4.17. The lowest BCUT2D eigenvalue weighted by Crippen LogP contribution is -2.23. The van der Waals surface area contributed by atoms with Crippen molar-refractivity contribution in [3.8, 4) is 0 Å². The van der Waals surface area contributed by atoms with Crippen LogP contribution in [0.15, 0.2) is 28.9 Å². The largest absolute Gasteiger partial charge is 0.310 e. The molecule has 102 valence electrons. The van der Waals surface area contributed by atoms with Gasteiger partial charge in [0.25, 0.3) is 0 Å². The lowest BCUT2D eigenvalue weighted by atomic mass is 10.0. The summed E-state index contributed by atoms with van der Waals surface area (Å²) in [5.74, 6) is 0. The highest BCUT2D eigenvalue weighted by atomic mass is 127. The third-order valence-corrected chi connectivity index (χ3v) is 4.24. The number of hydrogen-bond donors (Lipinski definition) is 1. The zero-order valence-electron chi connectivity index (χ0n) is 10.9. The summed E-state index contributed by atoms with van der Waals surface area (Å²) in [5, 5.41) is 11.7. The van der Waals surface area contributed by atoms with Gasteiger partial charge in [-0.2, -0.15) is 0 Å². The van der Waals surface area contributed by atoms with Crippen LogP contribution in [0.5, 0.6) is 0 Å². The Hall–Kier alpha value is -0.470. The zero-order valence-corrected chi connectivity index (χ0v) is 14.6. The Labute approximate surface area is 135 Å². The van der Waals surface area contributed by atoms with Gasteiger partial charge in [-0.15, -0.1) is 5.10 Å². The minimum absolute atomic E-state index is 0.241. The van der Waals surface area contributed by atoms with Crippen molar-refractivity contribution in [2.45, 2.75) is 19.4 Å². The Bertz CT molecular complexity index is 555. The lowest BCUT2D eigenvalue weighted by molar-refractivity contribution is 0.541. The highest BCUT2D eigenvalue weighted by Crippen LogP contribution is 2.27. The molecule has 6 heteroatoms. The van der Waals surface area contributed by atoms with Gasteiger partial charge in [0.15, 0.2) is 0 Å². The Morgan fingerprint density at radius 1 is 1.47 bits per heavy atom. The fourth-order valence-corrected chi connectivity index (χ4v) is 3.06. The molecule has 1 N–H and O–H groups in total. The summed E-state index contributed by atoms with van der Waals surface area (Å²) in [4.78, 5) is 0. The SMILES string of the molecule is CCNC(Cc1cn(C)nn1)c1cc(I)ccc1Br. The van der Waals surface area contributed by atoms with Crippen LogP contribution in [-0.2, 0) is 13.5 Å². The molecule has 1 heterocycles. The van der Waals surface area contributed by atoms with Crippen molar-refractivity contribution in [1.29, 1.82) is 0 Å². The molecule has 0 amide bonds.